The van der Waals surface area contributed by atoms with Gasteiger partial charge in [0, 0.05) is 0 Å². The van der Waals surface area contributed by atoms with Crippen LogP contribution in [0.25, 0.3) is 0 Å². The van der Waals surface area contributed by atoms with E-state index in [4.69, 9.17) is 0 Å². The van der Waals surface area contributed by atoms with Crippen molar-refractivity contribution < 1.29 is 0 Å². The fraction of sp³-hybridized carbons (Fsp3) is 0.385. The van der Waals surface area contributed by atoms with Crippen LogP contribution in [0.2, 0.25) is 0 Å². The summed E-state index contributed by atoms with van der Waals surface area (Å²) in [6.45, 7) is 9.15. The molecule has 1 nitrogen and oxygen atoms in total. The number of benzene rings is 1. The molecule has 0 amide bonds. The van der Waals surface area contributed by atoms with Gasteiger partial charge in [-0.2, -0.15) is 0 Å². The minimum atomic E-state index is 0.871. The second-order valence-corrected chi connectivity index (χ2v) is 4.64. The lowest BCUT2D eigenvalue weighted by atomic mass is 10.2. The standard InChI is InChI=1S/C13H20N/c1-11(2)10-14(4,5)13-8-6-12(3)7-9-13/h6-9H,1,10H2,2-5H3/q+1. The molecule has 0 N–H and O–H groups in total. The molecule has 0 saturated carbocycles. The first kappa shape index (κ1) is 11.0. The van der Waals surface area contributed by atoms with E-state index in [2.05, 4.69) is 58.8 Å². The summed E-state index contributed by atoms with van der Waals surface area (Å²) < 4.78 is 0.871. The molecule has 0 unspecified atom stereocenters. The van der Waals surface area contributed by atoms with Crippen LogP contribution in [-0.4, -0.2) is 20.6 Å². The molecule has 1 heteroatoms. The lowest BCUT2D eigenvalue weighted by molar-refractivity contribution is 0.432. The minimum Gasteiger partial charge on any atom is -0.293 e. The van der Waals surface area contributed by atoms with E-state index in [1.165, 1.54) is 16.8 Å². The van der Waals surface area contributed by atoms with Gasteiger partial charge in [-0.3, -0.25) is 4.48 Å². The van der Waals surface area contributed by atoms with Gasteiger partial charge in [0.25, 0.3) is 0 Å². The third-order valence-electron chi connectivity index (χ3n) is 2.40. The molecule has 0 heterocycles. The van der Waals surface area contributed by atoms with Crippen molar-refractivity contribution in [3.63, 3.8) is 0 Å². The molecular weight excluding hydrogens is 170 g/mol. The zero-order valence-corrected chi connectivity index (χ0v) is 9.67. The Bertz CT molecular complexity index is 320. The summed E-state index contributed by atoms with van der Waals surface area (Å²) in [5.74, 6) is 0. The van der Waals surface area contributed by atoms with Crippen molar-refractivity contribution in [1.29, 1.82) is 0 Å². The van der Waals surface area contributed by atoms with Gasteiger partial charge in [0.15, 0.2) is 0 Å². The molecular formula is C13H20N+. The van der Waals surface area contributed by atoms with E-state index in [9.17, 15) is 0 Å². The van der Waals surface area contributed by atoms with Gasteiger partial charge in [0.05, 0.1) is 14.1 Å². The Hall–Kier alpha value is -1.08. The maximum atomic E-state index is 3.97. The van der Waals surface area contributed by atoms with Crippen LogP contribution in [0.3, 0.4) is 0 Å². The number of hydrogen-bond donors (Lipinski definition) is 0. The molecule has 0 aliphatic carbocycles. The Morgan fingerprint density at radius 3 is 2.14 bits per heavy atom. The fourth-order valence-corrected chi connectivity index (χ4v) is 1.71. The Morgan fingerprint density at radius 2 is 1.71 bits per heavy atom. The maximum absolute atomic E-state index is 3.97. The topological polar surface area (TPSA) is 0 Å². The molecule has 1 rings (SSSR count). The van der Waals surface area contributed by atoms with Crippen LogP contribution in [0, 0.1) is 6.92 Å². The minimum absolute atomic E-state index is 0.871. The van der Waals surface area contributed by atoms with E-state index in [1.807, 2.05) is 0 Å². The molecule has 0 radical (unpaired) electrons. The fourth-order valence-electron chi connectivity index (χ4n) is 1.71. The summed E-state index contributed by atoms with van der Waals surface area (Å²) in [5, 5.41) is 0. The molecule has 1 aromatic rings. The van der Waals surface area contributed by atoms with Gasteiger partial charge >= 0.3 is 0 Å². The first-order valence-electron chi connectivity index (χ1n) is 4.96. The number of nitrogens with zero attached hydrogens (tertiary/aromatic N) is 1. The Labute approximate surface area is 87.3 Å². The molecule has 0 aliphatic heterocycles. The zero-order valence-electron chi connectivity index (χ0n) is 9.67. The monoisotopic (exact) mass is 190 g/mol. The average Bonchev–Trinajstić information content (AvgIpc) is 2.02. The van der Waals surface area contributed by atoms with Gasteiger partial charge in [0.1, 0.15) is 12.2 Å². The van der Waals surface area contributed by atoms with Crippen molar-refractivity contribution in [1.82, 2.24) is 4.48 Å². The number of aryl methyl sites for hydroxylation is 1. The zero-order chi connectivity index (χ0) is 10.8. The quantitative estimate of drug-likeness (QED) is 0.507. The molecule has 0 spiro atoms. The summed E-state index contributed by atoms with van der Waals surface area (Å²) >= 11 is 0. The maximum Gasteiger partial charge on any atom is 0.132 e. The molecule has 0 atom stereocenters. The van der Waals surface area contributed by atoms with E-state index < -0.39 is 0 Å². The number of hydrogen-bond acceptors (Lipinski definition) is 0. The van der Waals surface area contributed by atoms with E-state index in [0.717, 1.165) is 11.0 Å². The van der Waals surface area contributed by atoms with E-state index >= 15 is 0 Å². The van der Waals surface area contributed by atoms with E-state index in [0.29, 0.717) is 0 Å². The molecule has 1 aromatic carbocycles. The summed E-state index contributed by atoms with van der Waals surface area (Å²) in [6, 6.07) is 8.71. The Kier molecular flexibility index (Phi) is 3.12. The molecule has 0 fully saturated rings. The second kappa shape index (κ2) is 3.97. The number of rotatable bonds is 3. The molecule has 14 heavy (non-hydrogen) atoms. The Balaban J connectivity index is 2.91. The van der Waals surface area contributed by atoms with Crippen LogP contribution >= 0.6 is 0 Å². The first-order valence-corrected chi connectivity index (χ1v) is 4.96. The highest BCUT2D eigenvalue weighted by Gasteiger charge is 2.17. The SMILES string of the molecule is C=C(C)C[N+](C)(C)c1ccc(C)cc1. The van der Waals surface area contributed by atoms with Crippen molar-refractivity contribution >= 4 is 5.69 Å². The smallest absolute Gasteiger partial charge is 0.132 e. The molecule has 0 saturated heterocycles. The molecule has 76 valence electrons. The van der Waals surface area contributed by atoms with Crippen LogP contribution in [0.4, 0.5) is 5.69 Å². The van der Waals surface area contributed by atoms with E-state index in [-0.39, 0.29) is 0 Å². The highest BCUT2D eigenvalue weighted by atomic mass is 15.3. The van der Waals surface area contributed by atoms with Crippen LogP contribution in [0.15, 0.2) is 36.4 Å². The molecule has 0 aromatic heterocycles. The summed E-state index contributed by atoms with van der Waals surface area (Å²) in [6.07, 6.45) is 0. The molecule has 0 bridgehead atoms. The highest BCUT2D eigenvalue weighted by molar-refractivity contribution is 5.43. The normalized spacial score (nSPS) is 11.4. The van der Waals surface area contributed by atoms with Gasteiger partial charge < -0.3 is 0 Å². The lowest BCUT2D eigenvalue weighted by Gasteiger charge is -2.29. The Morgan fingerprint density at radius 1 is 1.21 bits per heavy atom. The van der Waals surface area contributed by atoms with Crippen LogP contribution in [-0.2, 0) is 0 Å². The third kappa shape index (κ3) is 2.71. The van der Waals surface area contributed by atoms with Crippen molar-refractivity contribution in [2.24, 2.45) is 0 Å². The van der Waals surface area contributed by atoms with Gasteiger partial charge in [-0.1, -0.05) is 24.3 Å². The van der Waals surface area contributed by atoms with Gasteiger partial charge in [-0.05, 0) is 31.6 Å². The van der Waals surface area contributed by atoms with Crippen molar-refractivity contribution in [3.8, 4) is 0 Å². The predicted octanol–water partition coefficient (Wildman–Crippen LogP) is 3.14. The first-order chi connectivity index (χ1) is 6.42. The number of likely N-dealkylation sites (N-methyl/N-ethyl adjacent to an activating group) is 1. The van der Waals surface area contributed by atoms with Crippen molar-refractivity contribution in [3.05, 3.63) is 42.0 Å². The summed E-state index contributed by atoms with van der Waals surface area (Å²) in [4.78, 5) is 0. The van der Waals surface area contributed by atoms with Crippen molar-refractivity contribution in [2.75, 3.05) is 20.6 Å². The van der Waals surface area contributed by atoms with E-state index in [1.54, 1.807) is 0 Å². The van der Waals surface area contributed by atoms with Crippen molar-refractivity contribution in [2.45, 2.75) is 13.8 Å². The van der Waals surface area contributed by atoms with Crippen LogP contribution in [0.1, 0.15) is 12.5 Å². The summed E-state index contributed by atoms with van der Waals surface area (Å²) in [5.41, 5.74) is 3.86. The third-order valence-corrected chi connectivity index (χ3v) is 2.40. The average molecular weight is 190 g/mol. The van der Waals surface area contributed by atoms with Gasteiger partial charge in [0.2, 0.25) is 0 Å². The largest absolute Gasteiger partial charge is 0.293 e. The summed E-state index contributed by atoms with van der Waals surface area (Å²) in [7, 11) is 4.42. The van der Waals surface area contributed by atoms with Crippen LogP contribution < -0.4 is 4.48 Å². The molecule has 0 aliphatic rings. The lowest BCUT2D eigenvalue weighted by Crippen LogP contribution is -2.41. The second-order valence-electron chi connectivity index (χ2n) is 4.64. The predicted molar refractivity (Wildman–Crippen MR) is 64.5 cm³/mol. The van der Waals surface area contributed by atoms with Crippen LogP contribution in [0.5, 0.6) is 0 Å². The van der Waals surface area contributed by atoms with Gasteiger partial charge in [-0.25, -0.2) is 0 Å². The van der Waals surface area contributed by atoms with Gasteiger partial charge in [-0.15, -0.1) is 0 Å². The number of quaternary nitrogens is 1. The highest BCUT2D eigenvalue weighted by Crippen LogP contribution is 2.20.